The molecule has 1 fully saturated rings. The van der Waals surface area contributed by atoms with Gasteiger partial charge in [-0.15, -0.1) is 0 Å². The smallest absolute Gasteiger partial charge is 0.477 e. The zero-order valence-electron chi connectivity index (χ0n) is 11.9. The Bertz CT molecular complexity index is 511. The molecule has 1 saturated heterocycles. The highest BCUT2D eigenvalue weighted by Crippen LogP contribution is 2.36. The summed E-state index contributed by atoms with van der Waals surface area (Å²) in [7, 11) is -0.565. The Morgan fingerprint density at radius 3 is 2.21 bits per heavy atom. The quantitative estimate of drug-likeness (QED) is 0.816. The predicted molar refractivity (Wildman–Crippen MR) is 71.6 cm³/mol. The van der Waals surface area contributed by atoms with Crippen LogP contribution in [0.5, 0.6) is 0 Å². The molecule has 2 heterocycles. The summed E-state index contributed by atoms with van der Waals surface area (Å²) >= 11 is 0. The molecule has 1 aliphatic heterocycles. The van der Waals surface area contributed by atoms with Crippen molar-refractivity contribution < 1.29 is 19.2 Å². The van der Waals surface area contributed by atoms with Gasteiger partial charge in [-0.25, -0.2) is 9.78 Å². The summed E-state index contributed by atoms with van der Waals surface area (Å²) in [6.07, 6.45) is 0. The van der Waals surface area contributed by atoms with Crippen LogP contribution in [0.1, 0.15) is 43.9 Å². The second-order valence-electron chi connectivity index (χ2n) is 5.82. The van der Waals surface area contributed by atoms with Crippen LogP contribution in [0.25, 0.3) is 0 Å². The lowest BCUT2D eigenvalue weighted by Gasteiger charge is -2.32. The van der Waals surface area contributed by atoms with E-state index in [0.29, 0.717) is 11.2 Å². The van der Waals surface area contributed by atoms with Crippen LogP contribution in [0.4, 0.5) is 0 Å². The van der Waals surface area contributed by atoms with Gasteiger partial charge in [-0.3, -0.25) is 0 Å². The summed E-state index contributed by atoms with van der Waals surface area (Å²) in [5.74, 6) is -1.05. The van der Waals surface area contributed by atoms with Crippen LogP contribution in [0, 0.1) is 6.92 Å². The number of hydrogen-bond donors (Lipinski definition) is 1. The van der Waals surface area contributed by atoms with Crippen LogP contribution in [0.15, 0.2) is 12.1 Å². The van der Waals surface area contributed by atoms with Crippen LogP contribution in [-0.4, -0.2) is 34.4 Å². The first-order valence-corrected chi connectivity index (χ1v) is 6.20. The van der Waals surface area contributed by atoms with E-state index < -0.39 is 24.3 Å². The van der Waals surface area contributed by atoms with Crippen LogP contribution in [0.3, 0.4) is 0 Å². The maximum atomic E-state index is 11.0. The fourth-order valence-corrected chi connectivity index (χ4v) is 1.92. The highest BCUT2D eigenvalue weighted by molar-refractivity contribution is 6.62. The third-order valence-electron chi connectivity index (χ3n) is 3.72. The lowest BCUT2D eigenvalue weighted by molar-refractivity contribution is 0.00578. The topological polar surface area (TPSA) is 68.7 Å². The molecule has 0 bridgehead atoms. The van der Waals surface area contributed by atoms with E-state index in [-0.39, 0.29) is 5.69 Å². The van der Waals surface area contributed by atoms with E-state index in [2.05, 4.69) is 4.98 Å². The van der Waals surface area contributed by atoms with Gasteiger partial charge < -0.3 is 14.4 Å². The second kappa shape index (κ2) is 4.32. The number of carboxylic acids is 1. The monoisotopic (exact) mass is 263 g/mol. The van der Waals surface area contributed by atoms with Crippen molar-refractivity contribution in [1.82, 2.24) is 4.98 Å². The molecule has 0 spiro atoms. The highest BCUT2D eigenvalue weighted by atomic mass is 16.7. The van der Waals surface area contributed by atoms with Crippen molar-refractivity contribution in [2.75, 3.05) is 0 Å². The zero-order chi connectivity index (χ0) is 14.4. The number of carboxylic acid groups (broad SMARTS) is 1. The summed E-state index contributed by atoms with van der Waals surface area (Å²) < 4.78 is 11.8. The first-order chi connectivity index (χ1) is 8.62. The Kier molecular flexibility index (Phi) is 3.19. The molecule has 0 radical (unpaired) electrons. The molecule has 2 rings (SSSR count). The maximum Gasteiger partial charge on any atom is 0.494 e. The molecule has 1 aromatic heterocycles. The van der Waals surface area contributed by atoms with Crippen molar-refractivity contribution in [3.63, 3.8) is 0 Å². The molecule has 1 N–H and O–H groups in total. The van der Waals surface area contributed by atoms with Gasteiger partial charge in [0.25, 0.3) is 0 Å². The summed E-state index contributed by atoms with van der Waals surface area (Å²) in [5.41, 5.74) is 0.425. The average molecular weight is 263 g/mol. The van der Waals surface area contributed by atoms with Crippen LogP contribution in [0.2, 0.25) is 0 Å². The Morgan fingerprint density at radius 1 is 1.21 bits per heavy atom. The largest absolute Gasteiger partial charge is 0.494 e. The van der Waals surface area contributed by atoms with Gasteiger partial charge in [-0.2, -0.15) is 0 Å². The van der Waals surface area contributed by atoms with E-state index in [9.17, 15) is 4.79 Å². The molecule has 6 heteroatoms. The minimum absolute atomic E-state index is 0.00436. The minimum atomic E-state index is -1.05. The summed E-state index contributed by atoms with van der Waals surface area (Å²) in [6.45, 7) is 9.58. The Labute approximate surface area is 113 Å². The molecule has 0 unspecified atom stereocenters. The number of carbonyl (C=O) groups is 1. The molecule has 0 amide bonds. The third kappa shape index (κ3) is 2.50. The molecular formula is C13H18BNO4. The van der Waals surface area contributed by atoms with Crippen molar-refractivity contribution in [2.24, 2.45) is 0 Å². The Hall–Kier alpha value is -1.40. The summed E-state index contributed by atoms with van der Waals surface area (Å²) in [4.78, 5) is 15.0. The number of rotatable bonds is 2. The van der Waals surface area contributed by atoms with Crippen molar-refractivity contribution in [1.29, 1.82) is 0 Å². The van der Waals surface area contributed by atoms with Gasteiger partial charge >= 0.3 is 13.1 Å². The Balaban J connectivity index is 2.37. The van der Waals surface area contributed by atoms with Crippen molar-refractivity contribution in [3.05, 3.63) is 23.5 Å². The summed E-state index contributed by atoms with van der Waals surface area (Å²) in [5, 5.41) is 9.04. The zero-order valence-corrected chi connectivity index (χ0v) is 11.9. The lowest BCUT2D eigenvalue weighted by Crippen LogP contribution is -2.41. The first-order valence-electron chi connectivity index (χ1n) is 6.20. The third-order valence-corrected chi connectivity index (χ3v) is 3.72. The first kappa shape index (κ1) is 14.0. The maximum absolute atomic E-state index is 11.0. The number of aryl methyl sites for hydroxylation is 1. The predicted octanol–water partition coefficient (Wildman–Crippen LogP) is 1.39. The van der Waals surface area contributed by atoms with E-state index in [1.807, 2.05) is 27.7 Å². The molecule has 19 heavy (non-hydrogen) atoms. The van der Waals surface area contributed by atoms with Crippen LogP contribution in [-0.2, 0) is 9.31 Å². The molecule has 0 aliphatic carbocycles. The van der Waals surface area contributed by atoms with Gasteiger partial charge in [0.05, 0.1) is 11.2 Å². The molecular weight excluding hydrogens is 245 g/mol. The molecule has 1 aromatic rings. The Morgan fingerprint density at radius 2 is 1.74 bits per heavy atom. The second-order valence-corrected chi connectivity index (χ2v) is 5.82. The van der Waals surface area contributed by atoms with E-state index in [1.54, 1.807) is 13.0 Å². The van der Waals surface area contributed by atoms with Gasteiger partial charge in [0.1, 0.15) is 5.69 Å². The van der Waals surface area contributed by atoms with Gasteiger partial charge in [-0.1, -0.05) is 0 Å². The van der Waals surface area contributed by atoms with E-state index in [1.165, 1.54) is 6.07 Å². The minimum Gasteiger partial charge on any atom is -0.477 e. The average Bonchev–Trinajstić information content (AvgIpc) is 2.47. The van der Waals surface area contributed by atoms with E-state index in [4.69, 9.17) is 14.4 Å². The number of nitrogens with zero attached hydrogens (tertiary/aromatic N) is 1. The van der Waals surface area contributed by atoms with Crippen molar-refractivity contribution in [2.45, 2.75) is 45.8 Å². The summed E-state index contributed by atoms with van der Waals surface area (Å²) in [6, 6.07) is 3.28. The number of aromatic carboxylic acids is 1. The molecule has 0 saturated carbocycles. The molecule has 1 aliphatic rings. The van der Waals surface area contributed by atoms with Gasteiger partial charge in [0.2, 0.25) is 0 Å². The van der Waals surface area contributed by atoms with E-state index >= 15 is 0 Å². The number of hydrogen-bond acceptors (Lipinski definition) is 4. The fraction of sp³-hybridized carbons (Fsp3) is 0.538. The fourth-order valence-electron chi connectivity index (χ4n) is 1.92. The number of pyridine rings is 1. The van der Waals surface area contributed by atoms with Gasteiger partial charge in [0.15, 0.2) is 0 Å². The lowest BCUT2D eigenvalue weighted by atomic mass is 9.79. The van der Waals surface area contributed by atoms with Crippen LogP contribution >= 0.6 is 0 Å². The van der Waals surface area contributed by atoms with Gasteiger partial charge in [0, 0.05) is 5.69 Å². The molecule has 102 valence electrons. The SMILES string of the molecule is Cc1cc(B2OC(C)(C)C(C)(C)O2)cc(C(=O)O)n1. The molecule has 0 aromatic carbocycles. The normalized spacial score (nSPS) is 20.6. The van der Waals surface area contributed by atoms with Gasteiger partial charge in [-0.05, 0) is 52.2 Å². The van der Waals surface area contributed by atoms with Crippen LogP contribution < -0.4 is 5.46 Å². The van der Waals surface area contributed by atoms with Crippen molar-refractivity contribution in [3.8, 4) is 0 Å². The highest BCUT2D eigenvalue weighted by Gasteiger charge is 2.51. The molecule has 5 nitrogen and oxygen atoms in total. The molecule has 0 atom stereocenters. The number of aromatic nitrogens is 1. The van der Waals surface area contributed by atoms with E-state index in [0.717, 1.165) is 0 Å². The standard InChI is InChI=1S/C13H18BNO4/c1-8-6-9(7-10(15-8)11(16)17)14-18-12(2,3)13(4,5)19-14/h6-7H,1-5H3,(H,16,17). The van der Waals surface area contributed by atoms with Crippen molar-refractivity contribution >= 4 is 18.6 Å².